The molecule has 7 nitrogen and oxygen atoms in total. The normalized spacial score (nSPS) is 20.5. The largest absolute Gasteiger partial charge is 0.493 e. The van der Waals surface area contributed by atoms with Gasteiger partial charge in [-0.05, 0) is 24.3 Å². The number of halogens is 4. The molecule has 2 unspecified atom stereocenters. The van der Waals surface area contributed by atoms with Gasteiger partial charge in [0.2, 0.25) is 5.88 Å². The maximum Gasteiger partial charge on any atom is 0.416 e. The summed E-state index contributed by atoms with van der Waals surface area (Å²) in [5.74, 6) is -0.481. The van der Waals surface area contributed by atoms with Crippen LogP contribution in [-0.2, 0) is 12.7 Å². The molecule has 4 aromatic rings. The highest BCUT2D eigenvalue weighted by Crippen LogP contribution is 2.51. The summed E-state index contributed by atoms with van der Waals surface area (Å²) in [4.78, 5) is 20.6. The van der Waals surface area contributed by atoms with Gasteiger partial charge in [-0.1, -0.05) is 10.7 Å². The van der Waals surface area contributed by atoms with Crippen molar-refractivity contribution < 1.29 is 18.3 Å². The first-order chi connectivity index (χ1) is 14.2. The van der Waals surface area contributed by atoms with E-state index in [1.807, 2.05) is 6.07 Å². The van der Waals surface area contributed by atoms with Crippen LogP contribution in [0.3, 0.4) is 0 Å². The Balaban J connectivity index is 1.76. The van der Waals surface area contributed by atoms with E-state index in [1.54, 1.807) is 23.1 Å². The molecule has 2 atom stereocenters. The fourth-order valence-electron chi connectivity index (χ4n) is 3.75. The Morgan fingerprint density at radius 3 is 2.87 bits per heavy atom. The number of pyridine rings is 1. The molecule has 0 amide bonds. The number of hydrogen-bond acceptors (Lipinski definition) is 5. The van der Waals surface area contributed by atoms with Crippen LogP contribution < -0.4 is 5.69 Å². The van der Waals surface area contributed by atoms with Gasteiger partial charge in [0.1, 0.15) is 0 Å². The number of thiol groups is 1. The van der Waals surface area contributed by atoms with Crippen LogP contribution in [0.25, 0.3) is 21.9 Å². The standard InChI is InChI=1S/C18H13ClF3N5O2S/c19-30-8-11(27-15-9(6-24-27)2-1-3-23-15)7-26-14-12(16(28)25-17(26)29)4-10(5-13(14)30)18(20,21)22/h1-6,11,30H,7-8H2,(H,25,28,29). The van der Waals surface area contributed by atoms with Crippen molar-refractivity contribution in [1.29, 1.82) is 0 Å². The van der Waals surface area contributed by atoms with E-state index in [4.69, 9.17) is 10.7 Å². The van der Waals surface area contributed by atoms with E-state index in [1.165, 1.54) is 4.57 Å². The highest BCUT2D eigenvalue weighted by atomic mass is 35.7. The predicted octanol–water partition coefficient (Wildman–Crippen LogP) is 3.63. The number of benzene rings is 1. The van der Waals surface area contributed by atoms with Gasteiger partial charge in [-0.3, -0.25) is 4.57 Å². The molecule has 1 aliphatic heterocycles. The van der Waals surface area contributed by atoms with Crippen molar-refractivity contribution in [2.75, 3.05) is 5.75 Å². The van der Waals surface area contributed by atoms with Crippen molar-refractivity contribution in [3.8, 4) is 5.88 Å². The van der Waals surface area contributed by atoms with Crippen molar-refractivity contribution in [2.45, 2.75) is 23.7 Å². The molecule has 0 aliphatic carbocycles. The Labute approximate surface area is 173 Å². The predicted molar refractivity (Wildman–Crippen MR) is 107 cm³/mol. The first-order valence-corrected chi connectivity index (χ1v) is 11.2. The molecule has 0 radical (unpaired) electrons. The molecule has 12 heteroatoms. The number of aromatic nitrogens is 5. The Morgan fingerprint density at radius 2 is 2.10 bits per heavy atom. The third-order valence-electron chi connectivity index (χ3n) is 5.09. The molecule has 0 saturated carbocycles. The van der Waals surface area contributed by atoms with E-state index in [-0.39, 0.29) is 28.1 Å². The van der Waals surface area contributed by atoms with Crippen LogP contribution in [-0.4, -0.2) is 35.2 Å². The second kappa shape index (κ2) is 6.61. The molecule has 156 valence electrons. The lowest BCUT2D eigenvalue weighted by atomic mass is 10.1. The van der Waals surface area contributed by atoms with Gasteiger partial charge >= 0.3 is 11.9 Å². The number of aromatic hydroxyl groups is 1. The van der Waals surface area contributed by atoms with Crippen LogP contribution in [0.15, 0.2) is 46.3 Å². The molecule has 1 aliphatic rings. The lowest BCUT2D eigenvalue weighted by molar-refractivity contribution is -0.137. The molecule has 1 N–H and O–H groups in total. The molecule has 3 aromatic heterocycles. The zero-order valence-electron chi connectivity index (χ0n) is 15.0. The second-order valence-corrected chi connectivity index (χ2v) is 9.72. The zero-order valence-corrected chi connectivity index (χ0v) is 16.7. The van der Waals surface area contributed by atoms with E-state index in [0.717, 1.165) is 17.5 Å². The minimum atomic E-state index is -4.64. The summed E-state index contributed by atoms with van der Waals surface area (Å²) >= 11 is 0. The Hall–Kier alpha value is -2.79. The number of fused-ring (bicyclic) bond motifs is 1. The highest BCUT2D eigenvalue weighted by molar-refractivity contribution is 8.36. The summed E-state index contributed by atoms with van der Waals surface area (Å²) in [6, 6.07) is 4.92. The van der Waals surface area contributed by atoms with Crippen molar-refractivity contribution >= 4 is 42.7 Å². The maximum absolute atomic E-state index is 13.4. The van der Waals surface area contributed by atoms with Crippen LogP contribution in [0.2, 0.25) is 0 Å². The van der Waals surface area contributed by atoms with Crippen LogP contribution >= 0.6 is 20.8 Å². The first kappa shape index (κ1) is 19.2. The van der Waals surface area contributed by atoms with Crippen LogP contribution in [0.4, 0.5) is 13.2 Å². The minimum absolute atomic E-state index is 0.0832. The third kappa shape index (κ3) is 2.91. The van der Waals surface area contributed by atoms with Crippen molar-refractivity contribution in [2.24, 2.45) is 0 Å². The highest BCUT2D eigenvalue weighted by Gasteiger charge is 2.35. The van der Waals surface area contributed by atoms with Gasteiger partial charge in [0.05, 0.1) is 35.2 Å². The van der Waals surface area contributed by atoms with E-state index in [9.17, 15) is 23.1 Å². The first-order valence-electron chi connectivity index (χ1n) is 8.80. The lowest BCUT2D eigenvalue weighted by Crippen LogP contribution is -2.28. The fraction of sp³-hybridized carbons (Fsp3) is 0.222. The van der Waals surface area contributed by atoms with Gasteiger partial charge < -0.3 is 5.11 Å². The summed E-state index contributed by atoms with van der Waals surface area (Å²) in [5.41, 5.74) is -0.962. The molecule has 1 aromatic carbocycles. The minimum Gasteiger partial charge on any atom is -0.493 e. The number of rotatable bonds is 1. The zero-order chi connectivity index (χ0) is 21.2. The van der Waals surface area contributed by atoms with Crippen molar-refractivity contribution in [1.82, 2.24) is 24.3 Å². The molecular formula is C18H13ClF3N5O2S. The molecule has 0 fully saturated rings. The number of alkyl halides is 3. The van der Waals surface area contributed by atoms with E-state index < -0.39 is 39.5 Å². The van der Waals surface area contributed by atoms with Gasteiger partial charge in [0.15, 0.2) is 5.65 Å². The van der Waals surface area contributed by atoms with Crippen molar-refractivity contribution in [3.05, 3.63) is 52.7 Å². The Bertz CT molecular complexity index is 1370. The molecular weight excluding hydrogens is 443 g/mol. The van der Waals surface area contributed by atoms with Gasteiger partial charge in [-0.25, -0.2) is 14.5 Å². The van der Waals surface area contributed by atoms with Crippen LogP contribution in [0.5, 0.6) is 5.88 Å². The SMILES string of the molecule is O=c1nc(O)c2cc(C(F)(F)F)cc3c2n1CC(n1ncc2cccnc21)C[SH]3Cl. The number of hydrogen-bond donors (Lipinski definition) is 2. The average molecular weight is 456 g/mol. The Kier molecular flexibility index (Phi) is 4.23. The quantitative estimate of drug-likeness (QED) is 0.428. The summed E-state index contributed by atoms with van der Waals surface area (Å²) in [5, 5.41) is 15.1. The van der Waals surface area contributed by atoms with Gasteiger partial charge in [0.25, 0.3) is 0 Å². The molecule has 0 bridgehead atoms. The summed E-state index contributed by atoms with van der Waals surface area (Å²) in [7, 11) is 5.00. The van der Waals surface area contributed by atoms with Gasteiger partial charge in [-0.2, -0.15) is 23.3 Å². The molecule has 30 heavy (non-hydrogen) atoms. The summed E-state index contributed by atoms with van der Waals surface area (Å²) < 4.78 is 43.2. The van der Waals surface area contributed by atoms with Crippen molar-refractivity contribution in [3.63, 3.8) is 0 Å². The van der Waals surface area contributed by atoms with Crippen LogP contribution in [0.1, 0.15) is 11.6 Å². The van der Waals surface area contributed by atoms with E-state index >= 15 is 0 Å². The third-order valence-corrected chi connectivity index (χ3v) is 7.65. The smallest absolute Gasteiger partial charge is 0.416 e. The van der Waals surface area contributed by atoms with Gasteiger partial charge in [0, 0.05) is 22.2 Å². The average Bonchev–Trinajstić information content (AvgIpc) is 3.06. The number of nitrogens with zero attached hydrogens (tertiary/aromatic N) is 5. The molecule has 5 rings (SSSR count). The second-order valence-electron chi connectivity index (χ2n) is 6.92. The lowest BCUT2D eigenvalue weighted by Gasteiger charge is -2.20. The van der Waals surface area contributed by atoms with E-state index in [2.05, 4.69) is 15.1 Å². The van der Waals surface area contributed by atoms with Gasteiger partial charge in [-0.15, -0.1) is 10.1 Å². The molecule has 0 spiro atoms. The molecule has 4 heterocycles. The summed E-state index contributed by atoms with van der Waals surface area (Å²) in [6.45, 7) is 0.0832. The summed E-state index contributed by atoms with van der Waals surface area (Å²) in [6.07, 6.45) is -1.40. The topological polar surface area (TPSA) is 85.8 Å². The monoisotopic (exact) mass is 455 g/mol. The van der Waals surface area contributed by atoms with E-state index in [0.29, 0.717) is 5.65 Å². The Morgan fingerprint density at radius 1 is 1.30 bits per heavy atom. The molecule has 0 saturated heterocycles. The maximum atomic E-state index is 13.4. The van der Waals surface area contributed by atoms with Crippen LogP contribution in [0, 0.1) is 0 Å². The fourth-order valence-corrected chi connectivity index (χ4v) is 6.20.